The zero-order valence-corrected chi connectivity index (χ0v) is 22.9. The van der Waals surface area contributed by atoms with Crippen LogP contribution in [0.1, 0.15) is 60.1 Å². The molecular formula is C31H30N4O5. The summed E-state index contributed by atoms with van der Waals surface area (Å²) in [5.74, 6) is 1.00. The second-order valence-electron chi connectivity index (χ2n) is 9.94. The summed E-state index contributed by atoms with van der Waals surface area (Å²) in [5.41, 5.74) is 7.70. The molecule has 204 valence electrons. The van der Waals surface area contributed by atoms with Crippen LogP contribution in [0.4, 0.5) is 0 Å². The van der Waals surface area contributed by atoms with Gasteiger partial charge in [0, 0.05) is 52.5 Å². The Morgan fingerprint density at radius 3 is 2.27 bits per heavy atom. The number of carboxylic acids is 1. The molecule has 0 saturated heterocycles. The normalized spacial score (nSPS) is 13.1. The van der Waals surface area contributed by atoms with Gasteiger partial charge in [0.2, 0.25) is 0 Å². The third kappa shape index (κ3) is 4.47. The van der Waals surface area contributed by atoms with Crippen molar-refractivity contribution >= 4 is 17.0 Å². The summed E-state index contributed by atoms with van der Waals surface area (Å²) in [6.45, 7) is 8.20. The highest BCUT2D eigenvalue weighted by Gasteiger charge is 2.26. The number of aromatic nitrogens is 4. The maximum absolute atomic E-state index is 11.9. The zero-order chi connectivity index (χ0) is 28.0. The molecule has 40 heavy (non-hydrogen) atoms. The number of nitrogens with zero attached hydrogens (tertiary/aromatic N) is 4. The summed E-state index contributed by atoms with van der Waals surface area (Å²) in [7, 11) is 0. The number of hydrogen-bond acceptors (Lipinski definition) is 7. The van der Waals surface area contributed by atoms with Crippen LogP contribution >= 0.6 is 0 Å². The fraction of sp³-hybridized carbons (Fsp3) is 0.290. The molecule has 1 fully saturated rings. The summed E-state index contributed by atoms with van der Waals surface area (Å²) in [6.07, 6.45) is 8.09. The fourth-order valence-corrected chi connectivity index (χ4v) is 5.19. The van der Waals surface area contributed by atoms with Gasteiger partial charge < -0.3 is 23.7 Å². The third-order valence-corrected chi connectivity index (χ3v) is 7.18. The number of aromatic carboxylic acids is 1. The van der Waals surface area contributed by atoms with Crippen LogP contribution in [0.3, 0.4) is 0 Å². The molecule has 4 heterocycles. The molecule has 9 nitrogen and oxygen atoms in total. The Balaban J connectivity index is 1.63. The maximum Gasteiger partial charge on any atom is 0.335 e. The van der Waals surface area contributed by atoms with E-state index in [0.717, 1.165) is 44.7 Å². The van der Waals surface area contributed by atoms with Crippen molar-refractivity contribution in [1.82, 2.24) is 19.7 Å². The topological polar surface area (TPSA) is 113 Å². The van der Waals surface area contributed by atoms with Gasteiger partial charge in [-0.05, 0) is 64.8 Å². The third-order valence-electron chi connectivity index (χ3n) is 7.18. The van der Waals surface area contributed by atoms with E-state index in [9.17, 15) is 9.90 Å². The molecular weight excluding hydrogens is 508 g/mol. The van der Waals surface area contributed by atoms with Gasteiger partial charge in [-0.15, -0.1) is 0 Å². The van der Waals surface area contributed by atoms with E-state index < -0.39 is 5.97 Å². The number of carbonyl (C=O) groups is 1. The van der Waals surface area contributed by atoms with Gasteiger partial charge in [-0.3, -0.25) is 9.97 Å². The first kappa shape index (κ1) is 25.6. The highest BCUT2D eigenvalue weighted by Crippen LogP contribution is 2.42. The minimum Gasteiger partial charge on any atom is -0.492 e. The predicted octanol–water partition coefficient (Wildman–Crippen LogP) is 6.73. The Bertz CT molecular complexity index is 1680. The average Bonchev–Trinajstić information content (AvgIpc) is 3.66. The Hall–Kier alpha value is -4.66. The lowest BCUT2D eigenvalue weighted by Crippen LogP contribution is -2.07. The van der Waals surface area contributed by atoms with E-state index in [4.69, 9.17) is 24.0 Å². The van der Waals surface area contributed by atoms with E-state index in [0.29, 0.717) is 42.1 Å². The minimum absolute atomic E-state index is 0.0849. The van der Waals surface area contributed by atoms with Crippen molar-refractivity contribution in [2.24, 2.45) is 0 Å². The number of fused-ring (bicyclic) bond motifs is 1. The molecule has 1 aromatic carbocycles. The Kier molecular flexibility index (Phi) is 6.50. The second-order valence-corrected chi connectivity index (χ2v) is 9.94. The smallest absolute Gasteiger partial charge is 0.335 e. The number of benzene rings is 1. The Morgan fingerprint density at radius 1 is 1.02 bits per heavy atom. The molecule has 0 bridgehead atoms. The van der Waals surface area contributed by atoms with Gasteiger partial charge in [-0.2, -0.15) is 0 Å². The molecule has 0 amide bonds. The number of carboxylic acid groups (broad SMARTS) is 1. The van der Waals surface area contributed by atoms with Gasteiger partial charge in [0.25, 0.3) is 0 Å². The van der Waals surface area contributed by atoms with Crippen LogP contribution in [0.25, 0.3) is 39.0 Å². The molecule has 0 unspecified atom stereocenters. The number of aryl methyl sites for hydroxylation is 2. The quantitative estimate of drug-likeness (QED) is 0.220. The van der Waals surface area contributed by atoms with Gasteiger partial charge in [0.05, 0.1) is 35.5 Å². The van der Waals surface area contributed by atoms with E-state index in [2.05, 4.69) is 17.3 Å². The van der Waals surface area contributed by atoms with Crippen molar-refractivity contribution in [1.29, 1.82) is 0 Å². The molecule has 0 atom stereocenters. The van der Waals surface area contributed by atoms with Gasteiger partial charge in [0.1, 0.15) is 22.9 Å². The van der Waals surface area contributed by atoms with E-state index in [1.165, 1.54) is 25.0 Å². The zero-order valence-electron chi connectivity index (χ0n) is 22.9. The van der Waals surface area contributed by atoms with Crippen LogP contribution in [-0.4, -0.2) is 44.0 Å². The molecule has 1 aliphatic carbocycles. The summed E-state index contributed by atoms with van der Waals surface area (Å²) < 4.78 is 19.4. The first-order valence-corrected chi connectivity index (χ1v) is 13.5. The molecule has 1 N–H and O–H groups in total. The molecule has 0 aliphatic heterocycles. The maximum atomic E-state index is 11.9. The van der Waals surface area contributed by atoms with Crippen LogP contribution in [0.5, 0.6) is 11.5 Å². The molecule has 1 saturated carbocycles. The summed E-state index contributed by atoms with van der Waals surface area (Å²) >= 11 is 0. The van der Waals surface area contributed by atoms with Crippen molar-refractivity contribution in [3.63, 3.8) is 0 Å². The van der Waals surface area contributed by atoms with E-state index in [-0.39, 0.29) is 5.56 Å². The van der Waals surface area contributed by atoms with Gasteiger partial charge in [0.15, 0.2) is 0 Å². The largest absolute Gasteiger partial charge is 0.492 e. The fourth-order valence-electron chi connectivity index (χ4n) is 5.19. The van der Waals surface area contributed by atoms with Crippen molar-refractivity contribution in [2.75, 3.05) is 13.2 Å². The monoisotopic (exact) mass is 538 g/mol. The second kappa shape index (κ2) is 10.1. The van der Waals surface area contributed by atoms with Gasteiger partial charge in [-0.25, -0.2) is 4.79 Å². The highest BCUT2D eigenvalue weighted by molar-refractivity contribution is 5.97. The SMILES string of the molecule is CCOc1cc(C(=O)O)cc(OCC)c1-n1cc(-c2ccc(C3CC3)nc2)c2ncc(-c3c(C)noc3C)cc21. The van der Waals surface area contributed by atoms with Crippen LogP contribution in [0.15, 0.2) is 53.4 Å². The van der Waals surface area contributed by atoms with Crippen LogP contribution in [0.2, 0.25) is 0 Å². The van der Waals surface area contributed by atoms with E-state index in [1.807, 2.05) is 56.9 Å². The average molecular weight is 539 g/mol. The Labute approximate surface area is 231 Å². The number of ether oxygens (including phenoxy) is 2. The number of rotatable bonds is 9. The molecule has 9 heteroatoms. The summed E-state index contributed by atoms with van der Waals surface area (Å²) in [4.78, 5) is 21.6. The first-order valence-electron chi connectivity index (χ1n) is 13.5. The number of pyridine rings is 2. The van der Waals surface area contributed by atoms with Gasteiger partial charge in [-0.1, -0.05) is 11.2 Å². The molecule has 5 aromatic rings. The van der Waals surface area contributed by atoms with Crippen LogP contribution in [0, 0.1) is 13.8 Å². The van der Waals surface area contributed by atoms with Crippen molar-refractivity contribution in [3.8, 4) is 39.4 Å². The lowest BCUT2D eigenvalue weighted by Gasteiger charge is -2.18. The highest BCUT2D eigenvalue weighted by atomic mass is 16.5. The lowest BCUT2D eigenvalue weighted by molar-refractivity contribution is 0.0695. The molecule has 0 spiro atoms. The van der Waals surface area contributed by atoms with Crippen LogP contribution < -0.4 is 9.47 Å². The lowest BCUT2D eigenvalue weighted by atomic mass is 10.0. The predicted molar refractivity (Wildman–Crippen MR) is 151 cm³/mol. The van der Waals surface area contributed by atoms with Gasteiger partial charge >= 0.3 is 5.97 Å². The standard InChI is InChI=1S/C31H30N4O5/c1-5-38-26-12-21(31(36)37)13-27(39-6-2)30(26)35-16-23(20-9-10-24(32-14-20)19-7-8-19)29-25(35)11-22(15-33-29)28-17(3)34-40-18(28)4/h9-16,19H,5-8H2,1-4H3,(H,36,37). The van der Waals surface area contributed by atoms with Crippen molar-refractivity contribution < 1.29 is 23.9 Å². The summed E-state index contributed by atoms with van der Waals surface area (Å²) in [6, 6.07) is 9.29. The molecule has 6 rings (SSSR count). The minimum atomic E-state index is -1.06. The van der Waals surface area contributed by atoms with E-state index in [1.54, 1.807) is 0 Å². The first-order chi connectivity index (χ1) is 19.4. The molecule has 4 aromatic heterocycles. The number of hydrogen-bond donors (Lipinski definition) is 1. The summed E-state index contributed by atoms with van der Waals surface area (Å²) in [5, 5.41) is 13.9. The molecule has 1 aliphatic rings. The van der Waals surface area contributed by atoms with E-state index >= 15 is 0 Å². The molecule has 0 radical (unpaired) electrons. The van der Waals surface area contributed by atoms with Crippen LogP contribution in [-0.2, 0) is 0 Å². The van der Waals surface area contributed by atoms with Crippen molar-refractivity contribution in [3.05, 3.63) is 71.6 Å². The van der Waals surface area contributed by atoms with Crippen molar-refractivity contribution in [2.45, 2.75) is 46.5 Å². The Morgan fingerprint density at radius 2 is 1.73 bits per heavy atom.